The fourth-order valence-corrected chi connectivity index (χ4v) is 5.53. The van der Waals surface area contributed by atoms with Gasteiger partial charge >= 0.3 is 14.8 Å². The summed E-state index contributed by atoms with van der Waals surface area (Å²) < 4.78 is 22.5. The number of unbranched alkanes of at least 4 members (excludes halogenated alkanes) is 2. The second-order valence-electron chi connectivity index (χ2n) is 6.37. The number of carbonyl (C=O) groups is 2. The van der Waals surface area contributed by atoms with Crippen molar-refractivity contribution in [2.75, 3.05) is 33.0 Å². The molecule has 0 saturated carbocycles. The summed E-state index contributed by atoms with van der Waals surface area (Å²) in [5, 5.41) is 2.86. The number of amides is 1. The van der Waals surface area contributed by atoms with Crippen LogP contribution >= 0.6 is 0 Å². The van der Waals surface area contributed by atoms with Crippen molar-refractivity contribution in [1.82, 2.24) is 10.3 Å². The summed E-state index contributed by atoms with van der Waals surface area (Å²) in [7, 11) is -2.60. The number of hydrogen-bond donors (Lipinski definition) is 1. The molecule has 0 aliphatic carbocycles. The van der Waals surface area contributed by atoms with E-state index in [0.717, 1.165) is 25.3 Å². The molecule has 1 N–H and O–H groups in total. The minimum absolute atomic E-state index is 0.0913. The van der Waals surface area contributed by atoms with E-state index >= 15 is 0 Å². The van der Waals surface area contributed by atoms with E-state index in [1.807, 2.05) is 20.8 Å². The Bertz CT molecular complexity index is 654. The van der Waals surface area contributed by atoms with Crippen molar-refractivity contribution in [3.63, 3.8) is 0 Å². The standard InChI is InChI=1S/C21H34N2O6Si/c1-5-15-26-21(25)19-17-18(12-14-22-19)20(24)23-13-10-9-11-16-30(27-6-2,28-7-3)29-8-4/h5,12,14,17H,1,6-11,13,15-16H2,2-4H3,(H,23,24). The van der Waals surface area contributed by atoms with Gasteiger partial charge in [0.15, 0.2) is 0 Å². The SMILES string of the molecule is C=CCOC(=O)c1cc(C(=O)NCCCCC[Si](OCC)(OCC)OCC)ccn1. The summed E-state index contributed by atoms with van der Waals surface area (Å²) in [5.41, 5.74) is 0.458. The molecule has 8 nitrogen and oxygen atoms in total. The van der Waals surface area contributed by atoms with Gasteiger partial charge in [0.05, 0.1) is 0 Å². The molecule has 1 amide bonds. The molecular formula is C21H34N2O6Si. The van der Waals surface area contributed by atoms with Gasteiger partial charge in [-0.25, -0.2) is 9.78 Å². The molecule has 0 saturated heterocycles. The monoisotopic (exact) mass is 438 g/mol. The Kier molecular flexibility index (Phi) is 12.8. The molecule has 1 aromatic heterocycles. The maximum Gasteiger partial charge on any atom is 0.500 e. The van der Waals surface area contributed by atoms with Crippen molar-refractivity contribution in [3.05, 3.63) is 42.2 Å². The number of ether oxygens (including phenoxy) is 1. The van der Waals surface area contributed by atoms with Crippen LogP contribution in [0.4, 0.5) is 0 Å². The predicted octanol–water partition coefficient (Wildman–Crippen LogP) is 3.37. The Morgan fingerprint density at radius 1 is 1.10 bits per heavy atom. The number of pyridine rings is 1. The lowest BCUT2D eigenvalue weighted by molar-refractivity contribution is 0.0542. The van der Waals surface area contributed by atoms with Gasteiger partial charge in [-0.05, 0) is 45.7 Å². The Balaban J connectivity index is 2.42. The van der Waals surface area contributed by atoms with Crippen LogP contribution in [0.3, 0.4) is 0 Å². The second-order valence-corrected chi connectivity index (χ2v) is 9.10. The number of rotatable bonds is 16. The van der Waals surface area contributed by atoms with Crippen molar-refractivity contribution in [2.24, 2.45) is 0 Å². The van der Waals surface area contributed by atoms with Crippen molar-refractivity contribution in [1.29, 1.82) is 0 Å². The summed E-state index contributed by atoms with van der Waals surface area (Å²) >= 11 is 0. The molecule has 168 valence electrons. The highest BCUT2D eigenvalue weighted by Gasteiger charge is 2.39. The molecule has 30 heavy (non-hydrogen) atoms. The van der Waals surface area contributed by atoms with Crippen LogP contribution in [0, 0.1) is 0 Å². The number of hydrogen-bond acceptors (Lipinski definition) is 7. The van der Waals surface area contributed by atoms with Crippen LogP contribution in [0.15, 0.2) is 31.0 Å². The average molecular weight is 439 g/mol. The van der Waals surface area contributed by atoms with Gasteiger partial charge in [-0.3, -0.25) is 4.79 Å². The van der Waals surface area contributed by atoms with E-state index in [1.54, 1.807) is 6.07 Å². The summed E-state index contributed by atoms with van der Waals surface area (Å²) in [4.78, 5) is 28.1. The molecule has 1 heterocycles. The normalized spacial score (nSPS) is 11.2. The van der Waals surface area contributed by atoms with Crippen molar-refractivity contribution in [2.45, 2.75) is 46.1 Å². The van der Waals surface area contributed by atoms with Crippen LogP contribution in [0.5, 0.6) is 0 Å². The Morgan fingerprint density at radius 3 is 2.37 bits per heavy atom. The third-order valence-corrected chi connectivity index (χ3v) is 7.25. The lowest BCUT2D eigenvalue weighted by Crippen LogP contribution is -2.45. The molecule has 0 radical (unpaired) electrons. The van der Waals surface area contributed by atoms with Gasteiger partial charge in [0, 0.05) is 44.2 Å². The third-order valence-electron chi connectivity index (χ3n) is 4.10. The molecule has 0 aromatic carbocycles. The van der Waals surface area contributed by atoms with Crippen LogP contribution in [-0.2, 0) is 18.0 Å². The molecule has 1 aromatic rings. The number of nitrogens with one attached hydrogen (secondary N) is 1. The fourth-order valence-electron chi connectivity index (χ4n) is 2.84. The highest BCUT2D eigenvalue weighted by Crippen LogP contribution is 2.19. The number of esters is 1. The van der Waals surface area contributed by atoms with Crippen LogP contribution in [0.1, 0.15) is 60.9 Å². The average Bonchev–Trinajstić information content (AvgIpc) is 2.75. The maximum atomic E-state index is 12.3. The third kappa shape index (κ3) is 9.16. The molecule has 0 fully saturated rings. The lowest BCUT2D eigenvalue weighted by atomic mass is 10.2. The van der Waals surface area contributed by atoms with E-state index in [0.29, 0.717) is 31.9 Å². The first-order valence-corrected chi connectivity index (χ1v) is 12.4. The molecule has 0 bridgehead atoms. The predicted molar refractivity (Wildman–Crippen MR) is 116 cm³/mol. The zero-order chi connectivity index (χ0) is 22.2. The minimum Gasteiger partial charge on any atom is -0.457 e. The summed E-state index contributed by atoms with van der Waals surface area (Å²) in [6.45, 7) is 11.6. The highest BCUT2D eigenvalue weighted by molar-refractivity contribution is 6.60. The van der Waals surface area contributed by atoms with Gasteiger partial charge in [-0.1, -0.05) is 19.1 Å². The van der Waals surface area contributed by atoms with E-state index < -0.39 is 14.8 Å². The molecule has 9 heteroatoms. The van der Waals surface area contributed by atoms with E-state index in [9.17, 15) is 9.59 Å². The van der Waals surface area contributed by atoms with E-state index in [4.69, 9.17) is 18.0 Å². The van der Waals surface area contributed by atoms with Crippen LogP contribution in [-0.4, -0.2) is 58.6 Å². The maximum absolute atomic E-state index is 12.3. The quantitative estimate of drug-likeness (QED) is 0.183. The van der Waals surface area contributed by atoms with Crippen LogP contribution in [0.2, 0.25) is 6.04 Å². The first-order chi connectivity index (χ1) is 14.5. The van der Waals surface area contributed by atoms with Gasteiger partial charge in [-0.2, -0.15) is 0 Å². The Hall–Kier alpha value is -2.07. The molecule has 0 aliphatic heterocycles. The van der Waals surface area contributed by atoms with Crippen molar-refractivity contribution in [3.8, 4) is 0 Å². The molecule has 1 rings (SSSR count). The van der Waals surface area contributed by atoms with E-state index in [-0.39, 0.29) is 18.2 Å². The number of carbonyl (C=O) groups excluding carboxylic acids is 2. The van der Waals surface area contributed by atoms with Gasteiger partial charge < -0.3 is 23.3 Å². The van der Waals surface area contributed by atoms with Crippen molar-refractivity contribution >= 4 is 20.7 Å². The number of nitrogens with zero attached hydrogens (tertiary/aromatic N) is 1. The summed E-state index contributed by atoms with van der Waals surface area (Å²) in [6, 6.07) is 3.75. The zero-order valence-corrected chi connectivity index (χ0v) is 19.3. The van der Waals surface area contributed by atoms with E-state index in [2.05, 4.69) is 16.9 Å². The topological polar surface area (TPSA) is 96.0 Å². The Morgan fingerprint density at radius 2 is 1.77 bits per heavy atom. The van der Waals surface area contributed by atoms with Crippen LogP contribution < -0.4 is 5.32 Å². The molecule has 0 spiro atoms. The smallest absolute Gasteiger partial charge is 0.457 e. The van der Waals surface area contributed by atoms with Gasteiger partial charge in [0.2, 0.25) is 0 Å². The number of aromatic nitrogens is 1. The Labute approximate surface area is 180 Å². The van der Waals surface area contributed by atoms with Gasteiger partial charge in [-0.15, -0.1) is 0 Å². The van der Waals surface area contributed by atoms with E-state index in [1.165, 1.54) is 18.3 Å². The molecule has 0 atom stereocenters. The highest BCUT2D eigenvalue weighted by atomic mass is 28.4. The van der Waals surface area contributed by atoms with Gasteiger partial charge in [0.1, 0.15) is 12.3 Å². The largest absolute Gasteiger partial charge is 0.500 e. The fraction of sp³-hybridized carbons (Fsp3) is 0.571. The molecular weight excluding hydrogens is 404 g/mol. The first-order valence-electron chi connectivity index (χ1n) is 10.5. The summed E-state index contributed by atoms with van der Waals surface area (Å²) in [6.07, 6.45) is 5.52. The van der Waals surface area contributed by atoms with Crippen molar-refractivity contribution < 1.29 is 27.6 Å². The lowest BCUT2D eigenvalue weighted by Gasteiger charge is -2.28. The first kappa shape index (κ1) is 26.0. The van der Waals surface area contributed by atoms with Crippen LogP contribution in [0.25, 0.3) is 0 Å². The molecule has 0 aliphatic rings. The second kappa shape index (κ2) is 14.8. The summed E-state index contributed by atoms with van der Waals surface area (Å²) in [5.74, 6) is -0.841. The minimum atomic E-state index is -2.60. The van der Waals surface area contributed by atoms with Gasteiger partial charge in [0.25, 0.3) is 5.91 Å². The zero-order valence-electron chi connectivity index (χ0n) is 18.3. The molecule has 0 unspecified atom stereocenters.